The van der Waals surface area contributed by atoms with Crippen LogP contribution in [0.5, 0.6) is 5.75 Å². The van der Waals surface area contributed by atoms with Crippen molar-refractivity contribution < 1.29 is 9.53 Å². The number of ether oxygens (including phenoxy) is 1. The number of carbonyl (C=O) groups is 1. The molecule has 3 aromatic rings. The number of benzene rings is 2. The van der Waals surface area contributed by atoms with Gasteiger partial charge in [0, 0.05) is 28.0 Å². The lowest BCUT2D eigenvalue weighted by atomic mass is 10.2. The number of halogens is 1. The predicted octanol–water partition coefficient (Wildman–Crippen LogP) is 3.91. The SMILES string of the molecule is CCOc1ccc(NC(=O)Cn2c(-c3cccc(Cl)c3)nc(C)cc2=O)cc1. The van der Waals surface area contributed by atoms with Gasteiger partial charge >= 0.3 is 0 Å². The normalized spacial score (nSPS) is 10.5. The summed E-state index contributed by atoms with van der Waals surface area (Å²) in [6.45, 7) is 4.04. The smallest absolute Gasteiger partial charge is 0.254 e. The summed E-state index contributed by atoms with van der Waals surface area (Å²) in [5.41, 5.74) is 1.56. The summed E-state index contributed by atoms with van der Waals surface area (Å²) in [7, 11) is 0. The van der Waals surface area contributed by atoms with Gasteiger partial charge < -0.3 is 10.1 Å². The molecule has 7 heteroatoms. The first-order valence-electron chi connectivity index (χ1n) is 8.83. The number of aryl methyl sites for hydroxylation is 1. The zero-order valence-electron chi connectivity index (χ0n) is 15.6. The lowest BCUT2D eigenvalue weighted by Gasteiger charge is -2.13. The van der Waals surface area contributed by atoms with Crippen molar-refractivity contribution in [3.05, 3.63) is 75.7 Å². The summed E-state index contributed by atoms with van der Waals surface area (Å²) in [6.07, 6.45) is 0. The van der Waals surface area contributed by atoms with Gasteiger partial charge in [-0.15, -0.1) is 0 Å². The number of amides is 1. The summed E-state index contributed by atoms with van der Waals surface area (Å²) >= 11 is 6.07. The van der Waals surface area contributed by atoms with Gasteiger partial charge in [0.05, 0.1) is 6.61 Å². The highest BCUT2D eigenvalue weighted by Crippen LogP contribution is 2.21. The predicted molar refractivity (Wildman–Crippen MR) is 110 cm³/mol. The van der Waals surface area contributed by atoms with E-state index in [-0.39, 0.29) is 18.0 Å². The molecule has 1 amide bonds. The third-order valence-electron chi connectivity index (χ3n) is 3.97. The lowest BCUT2D eigenvalue weighted by molar-refractivity contribution is -0.116. The zero-order valence-corrected chi connectivity index (χ0v) is 16.4. The van der Waals surface area contributed by atoms with Gasteiger partial charge in [0.25, 0.3) is 5.56 Å². The molecule has 1 aromatic heterocycles. The highest BCUT2D eigenvalue weighted by atomic mass is 35.5. The van der Waals surface area contributed by atoms with E-state index in [1.54, 1.807) is 55.5 Å². The standard InChI is InChI=1S/C21H20ClN3O3/c1-3-28-18-9-7-17(8-10-18)24-19(26)13-25-20(27)11-14(2)23-21(25)15-5-4-6-16(22)12-15/h4-12H,3,13H2,1-2H3,(H,24,26). The highest BCUT2D eigenvalue weighted by Gasteiger charge is 2.13. The first-order valence-corrected chi connectivity index (χ1v) is 9.21. The van der Waals surface area contributed by atoms with E-state index in [2.05, 4.69) is 10.3 Å². The van der Waals surface area contributed by atoms with Crippen LogP contribution in [0.4, 0.5) is 5.69 Å². The van der Waals surface area contributed by atoms with Gasteiger partial charge in [0.1, 0.15) is 18.1 Å². The largest absolute Gasteiger partial charge is 0.494 e. The van der Waals surface area contributed by atoms with Crippen molar-refractivity contribution in [3.8, 4) is 17.1 Å². The first-order chi connectivity index (χ1) is 13.5. The van der Waals surface area contributed by atoms with Gasteiger partial charge in [-0.2, -0.15) is 0 Å². The molecule has 0 saturated heterocycles. The molecule has 0 aliphatic heterocycles. The Kier molecular flexibility index (Phi) is 6.11. The summed E-state index contributed by atoms with van der Waals surface area (Å²) < 4.78 is 6.72. The quantitative estimate of drug-likeness (QED) is 0.684. The Hall–Kier alpha value is -3.12. The molecule has 2 aromatic carbocycles. The second-order valence-corrected chi connectivity index (χ2v) is 6.60. The first kappa shape index (κ1) is 19.6. The van der Waals surface area contributed by atoms with Crippen molar-refractivity contribution in [2.75, 3.05) is 11.9 Å². The van der Waals surface area contributed by atoms with Crippen LogP contribution >= 0.6 is 11.6 Å². The molecule has 144 valence electrons. The summed E-state index contributed by atoms with van der Waals surface area (Å²) in [6, 6.07) is 15.5. The Balaban J connectivity index is 1.85. The molecule has 0 unspecified atom stereocenters. The second kappa shape index (κ2) is 8.71. The van der Waals surface area contributed by atoms with Gasteiger partial charge in [-0.3, -0.25) is 14.2 Å². The molecule has 1 heterocycles. The Bertz CT molecular complexity index is 1050. The molecule has 0 aliphatic carbocycles. The molecular weight excluding hydrogens is 378 g/mol. The molecule has 0 fully saturated rings. The Morgan fingerprint density at radius 3 is 2.61 bits per heavy atom. The van der Waals surface area contributed by atoms with Crippen molar-refractivity contribution in [3.63, 3.8) is 0 Å². The maximum absolute atomic E-state index is 12.5. The van der Waals surface area contributed by atoms with Crippen LogP contribution in [0.1, 0.15) is 12.6 Å². The number of rotatable bonds is 6. The van der Waals surface area contributed by atoms with Gasteiger partial charge in [-0.05, 0) is 50.2 Å². The molecule has 6 nitrogen and oxygen atoms in total. The van der Waals surface area contributed by atoms with Crippen LogP contribution in [0.2, 0.25) is 5.02 Å². The molecule has 28 heavy (non-hydrogen) atoms. The lowest BCUT2D eigenvalue weighted by Crippen LogP contribution is -2.29. The molecule has 0 atom stereocenters. The fraction of sp³-hybridized carbons (Fsp3) is 0.190. The van der Waals surface area contributed by atoms with E-state index in [4.69, 9.17) is 16.3 Å². The topological polar surface area (TPSA) is 73.2 Å². The average molecular weight is 398 g/mol. The molecule has 0 bridgehead atoms. The molecule has 1 N–H and O–H groups in total. The number of hydrogen-bond donors (Lipinski definition) is 1. The molecule has 0 radical (unpaired) electrons. The van der Waals surface area contributed by atoms with Crippen molar-refractivity contribution in [2.24, 2.45) is 0 Å². The zero-order chi connectivity index (χ0) is 20.1. The van der Waals surface area contributed by atoms with Crippen LogP contribution in [-0.4, -0.2) is 22.1 Å². The number of nitrogens with zero attached hydrogens (tertiary/aromatic N) is 2. The number of aromatic nitrogens is 2. The minimum atomic E-state index is -0.333. The minimum absolute atomic E-state index is 0.166. The van der Waals surface area contributed by atoms with Gasteiger partial charge in [0.15, 0.2) is 0 Å². The molecular formula is C21H20ClN3O3. The van der Waals surface area contributed by atoms with E-state index in [9.17, 15) is 9.59 Å². The van der Waals surface area contributed by atoms with E-state index in [1.165, 1.54) is 10.6 Å². The van der Waals surface area contributed by atoms with E-state index >= 15 is 0 Å². The molecule has 0 spiro atoms. The van der Waals surface area contributed by atoms with Crippen LogP contribution in [0.3, 0.4) is 0 Å². The summed E-state index contributed by atoms with van der Waals surface area (Å²) in [5, 5.41) is 3.31. The monoisotopic (exact) mass is 397 g/mol. The van der Waals surface area contributed by atoms with Crippen molar-refractivity contribution in [1.29, 1.82) is 0 Å². The number of anilines is 1. The third kappa shape index (κ3) is 4.78. The van der Waals surface area contributed by atoms with Crippen molar-refractivity contribution in [2.45, 2.75) is 20.4 Å². The average Bonchev–Trinajstić information content (AvgIpc) is 2.65. The van der Waals surface area contributed by atoms with Crippen LogP contribution in [-0.2, 0) is 11.3 Å². The van der Waals surface area contributed by atoms with Gasteiger partial charge in [0.2, 0.25) is 5.91 Å². The Labute approximate surface area is 167 Å². The number of hydrogen-bond acceptors (Lipinski definition) is 4. The minimum Gasteiger partial charge on any atom is -0.494 e. The van der Waals surface area contributed by atoms with Crippen LogP contribution < -0.4 is 15.6 Å². The van der Waals surface area contributed by atoms with E-state index < -0.39 is 0 Å². The molecule has 0 aliphatic rings. The third-order valence-corrected chi connectivity index (χ3v) is 4.21. The number of carbonyl (C=O) groups excluding carboxylic acids is 1. The molecule has 0 saturated carbocycles. The van der Waals surface area contributed by atoms with Crippen LogP contribution in [0.25, 0.3) is 11.4 Å². The van der Waals surface area contributed by atoms with Crippen molar-refractivity contribution in [1.82, 2.24) is 9.55 Å². The Morgan fingerprint density at radius 2 is 1.93 bits per heavy atom. The summed E-state index contributed by atoms with van der Waals surface area (Å²) in [4.78, 5) is 29.5. The van der Waals surface area contributed by atoms with E-state index in [0.29, 0.717) is 34.4 Å². The molecule has 3 rings (SSSR count). The summed E-state index contributed by atoms with van der Waals surface area (Å²) in [5.74, 6) is 0.789. The van der Waals surface area contributed by atoms with Gasteiger partial charge in [-0.1, -0.05) is 23.7 Å². The Morgan fingerprint density at radius 1 is 1.18 bits per heavy atom. The van der Waals surface area contributed by atoms with E-state index in [0.717, 1.165) is 5.75 Å². The van der Waals surface area contributed by atoms with Crippen molar-refractivity contribution >= 4 is 23.2 Å². The fourth-order valence-corrected chi connectivity index (χ4v) is 2.96. The highest BCUT2D eigenvalue weighted by molar-refractivity contribution is 6.30. The fourth-order valence-electron chi connectivity index (χ4n) is 2.77. The van der Waals surface area contributed by atoms with Crippen LogP contribution in [0.15, 0.2) is 59.4 Å². The van der Waals surface area contributed by atoms with Gasteiger partial charge in [-0.25, -0.2) is 4.98 Å². The van der Waals surface area contributed by atoms with E-state index in [1.807, 2.05) is 6.92 Å². The van der Waals surface area contributed by atoms with Crippen LogP contribution in [0, 0.1) is 6.92 Å². The second-order valence-electron chi connectivity index (χ2n) is 6.16. The number of nitrogens with one attached hydrogen (secondary N) is 1. The maximum Gasteiger partial charge on any atom is 0.254 e. The maximum atomic E-state index is 12.5.